The van der Waals surface area contributed by atoms with Crippen LogP contribution in [0.2, 0.25) is 0 Å². The number of carboxylic acids is 1. The predicted octanol–water partition coefficient (Wildman–Crippen LogP) is 1.25. The Hall–Kier alpha value is -2.04. The van der Waals surface area contributed by atoms with Gasteiger partial charge in [0, 0.05) is 0 Å². The lowest BCUT2D eigenvalue weighted by molar-refractivity contribution is -0.138. The molecule has 1 amide bonds. The molecule has 1 aromatic rings. The van der Waals surface area contributed by atoms with E-state index < -0.39 is 18.1 Å². The minimum absolute atomic E-state index is 0.368. The van der Waals surface area contributed by atoms with Crippen LogP contribution in [0.15, 0.2) is 30.3 Å². The third-order valence-corrected chi connectivity index (χ3v) is 1.66. The van der Waals surface area contributed by atoms with Gasteiger partial charge < -0.3 is 15.2 Å². The third kappa shape index (κ3) is 3.68. The highest BCUT2D eigenvalue weighted by Crippen LogP contribution is 2.08. The van der Waals surface area contributed by atoms with E-state index in [1.54, 1.807) is 30.3 Å². The Morgan fingerprint density at radius 2 is 1.93 bits per heavy atom. The van der Waals surface area contributed by atoms with E-state index in [0.29, 0.717) is 5.75 Å². The number of hydrogen-bond acceptors (Lipinski definition) is 3. The van der Waals surface area contributed by atoms with Crippen LogP contribution >= 0.6 is 0 Å². The van der Waals surface area contributed by atoms with Gasteiger partial charge in [-0.25, -0.2) is 4.79 Å². The van der Waals surface area contributed by atoms with Crippen LogP contribution in [-0.2, 0) is 4.79 Å². The molecule has 0 radical (unpaired) electrons. The fourth-order valence-corrected chi connectivity index (χ4v) is 0.864. The van der Waals surface area contributed by atoms with E-state index in [4.69, 9.17) is 9.84 Å². The monoisotopic (exact) mass is 209 g/mol. The number of ether oxygens (including phenoxy) is 1. The number of rotatable bonds is 3. The molecule has 0 spiro atoms. The van der Waals surface area contributed by atoms with Crippen LogP contribution < -0.4 is 10.1 Å². The number of hydrogen-bond donors (Lipinski definition) is 2. The quantitative estimate of drug-likeness (QED) is 0.785. The maximum atomic E-state index is 11.1. The van der Waals surface area contributed by atoms with Gasteiger partial charge >= 0.3 is 12.1 Å². The van der Waals surface area contributed by atoms with Crippen molar-refractivity contribution in [2.45, 2.75) is 13.0 Å². The number of carboxylic acid groups (broad SMARTS) is 1. The fourth-order valence-electron chi connectivity index (χ4n) is 0.864. The van der Waals surface area contributed by atoms with Crippen molar-refractivity contribution in [2.75, 3.05) is 0 Å². The number of amides is 1. The number of carbonyl (C=O) groups excluding carboxylic acids is 1. The Balaban J connectivity index is 2.47. The number of aliphatic carboxylic acids is 1. The second-order valence-electron chi connectivity index (χ2n) is 2.91. The van der Waals surface area contributed by atoms with Crippen molar-refractivity contribution in [3.63, 3.8) is 0 Å². The van der Waals surface area contributed by atoms with Crippen molar-refractivity contribution >= 4 is 12.1 Å². The molecule has 0 saturated heterocycles. The van der Waals surface area contributed by atoms with Crippen molar-refractivity contribution in [1.82, 2.24) is 5.32 Å². The van der Waals surface area contributed by atoms with Crippen LogP contribution in [0.5, 0.6) is 5.75 Å². The highest BCUT2D eigenvalue weighted by Gasteiger charge is 2.14. The van der Waals surface area contributed by atoms with Crippen molar-refractivity contribution in [3.05, 3.63) is 30.3 Å². The van der Waals surface area contributed by atoms with Crippen LogP contribution in [-0.4, -0.2) is 23.2 Å². The molecule has 5 heteroatoms. The first kappa shape index (κ1) is 11.0. The number of para-hydroxylation sites is 1. The van der Waals surface area contributed by atoms with Crippen molar-refractivity contribution in [1.29, 1.82) is 0 Å². The lowest BCUT2D eigenvalue weighted by atomic mass is 10.3. The molecule has 1 aromatic carbocycles. The summed E-state index contributed by atoms with van der Waals surface area (Å²) in [6.07, 6.45) is -0.781. The van der Waals surface area contributed by atoms with Gasteiger partial charge in [0.05, 0.1) is 0 Å². The van der Waals surface area contributed by atoms with E-state index in [1.165, 1.54) is 6.92 Å². The fraction of sp³-hybridized carbons (Fsp3) is 0.200. The summed E-state index contributed by atoms with van der Waals surface area (Å²) in [4.78, 5) is 21.5. The summed E-state index contributed by atoms with van der Waals surface area (Å²) in [5.74, 6) is -0.743. The minimum atomic E-state index is -1.11. The summed E-state index contributed by atoms with van der Waals surface area (Å²) >= 11 is 0. The van der Waals surface area contributed by atoms with Gasteiger partial charge in [-0.1, -0.05) is 18.2 Å². The zero-order valence-corrected chi connectivity index (χ0v) is 8.14. The molecule has 0 aliphatic rings. The smallest absolute Gasteiger partial charge is 0.413 e. The molecule has 0 bridgehead atoms. The van der Waals surface area contributed by atoms with Crippen LogP contribution in [0.4, 0.5) is 4.79 Å². The average molecular weight is 209 g/mol. The lowest BCUT2D eigenvalue weighted by Crippen LogP contribution is -2.39. The molecule has 1 unspecified atom stereocenters. The standard InChI is InChI=1S/C10H11NO4/c1-7(9(12)13)11-10(14)15-8-5-3-2-4-6-8/h2-7H,1H3,(H,11,14)(H,12,13). The summed E-state index contributed by atoms with van der Waals surface area (Å²) < 4.78 is 4.82. The molecule has 1 atom stereocenters. The summed E-state index contributed by atoms with van der Waals surface area (Å²) in [6.45, 7) is 1.36. The molecule has 15 heavy (non-hydrogen) atoms. The third-order valence-electron chi connectivity index (χ3n) is 1.66. The van der Waals surface area contributed by atoms with E-state index in [2.05, 4.69) is 5.32 Å². The number of benzene rings is 1. The van der Waals surface area contributed by atoms with E-state index in [0.717, 1.165) is 0 Å². The molecular formula is C10H11NO4. The molecule has 0 fully saturated rings. The van der Waals surface area contributed by atoms with Gasteiger partial charge in [-0.2, -0.15) is 0 Å². The van der Waals surface area contributed by atoms with Crippen LogP contribution in [0.1, 0.15) is 6.92 Å². The summed E-state index contributed by atoms with van der Waals surface area (Å²) in [5, 5.41) is 10.7. The second kappa shape index (κ2) is 4.99. The van der Waals surface area contributed by atoms with E-state index in [9.17, 15) is 9.59 Å². The van der Waals surface area contributed by atoms with Crippen molar-refractivity contribution in [2.24, 2.45) is 0 Å². The number of nitrogens with one attached hydrogen (secondary N) is 1. The Morgan fingerprint density at radius 1 is 1.33 bits per heavy atom. The summed E-state index contributed by atoms with van der Waals surface area (Å²) in [5.41, 5.74) is 0. The molecule has 0 aliphatic heterocycles. The maximum absolute atomic E-state index is 11.1. The zero-order valence-electron chi connectivity index (χ0n) is 8.14. The van der Waals surface area contributed by atoms with Gasteiger partial charge in [-0.15, -0.1) is 0 Å². The normalized spacial score (nSPS) is 11.5. The largest absolute Gasteiger partial charge is 0.480 e. The van der Waals surface area contributed by atoms with Crippen LogP contribution in [0.3, 0.4) is 0 Å². The van der Waals surface area contributed by atoms with Crippen LogP contribution in [0, 0.1) is 0 Å². The Kier molecular flexibility index (Phi) is 3.68. The topological polar surface area (TPSA) is 75.6 Å². The predicted molar refractivity (Wildman–Crippen MR) is 52.7 cm³/mol. The van der Waals surface area contributed by atoms with Gasteiger partial charge in [0.15, 0.2) is 0 Å². The average Bonchev–Trinajstić information content (AvgIpc) is 2.18. The molecule has 2 N–H and O–H groups in total. The van der Waals surface area contributed by atoms with Crippen molar-refractivity contribution in [3.8, 4) is 5.75 Å². The molecule has 0 heterocycles. The summed E-state index contributed by atoms with van der Waals surface area (Å²) in [7, 11) is 0. The van der Waals surface area contributed by atoms with Crippen LogP contribution in [0.25, 0.3) is 0 Å². The molecule has 0 aromatic heterocycles. The van der Waals surface area contributed by atoms with Gasteiger partial charge in [0.1, 0.15) is 11.8 Å². The molecule has 5 nitrogen and oxygen atoms in total. The van der Waals surface area contributed by atoms with Crippen molar-refractivity contribution < 1.29 is 19.4 Å². The lowest BCUT2D eigenvalue weighted by Gasteiger charge is -2.09. The molecular weight excluding hydrogens is 198 g/mol. The molecule has 0 saturated carbocycles. The number of carbonyl (C=O) groups is 2. The van der Waals surface area contributed by atoms with Gasteiger partial charge in [-0.3, -0.25) is 4.79 Å². The van der Waals surface area contributed by atoms with E-state index in [1.807, 2.05) is 0 Å². The van der Waals surface area contributed by atoms with E-state index in [-0.39, 0.29) is 0 Å². The maximum Gasteiger partial charge on any atom is 0.413 e. The molecule has 1 rings (SSSR count). The minimum Gasteiger partial charge on any atom is -0.480 e. The zero-order chi connectivity index (χ0) is 11.3. The van der Waals surface area contributed by atoms with Gasteiger partial charge in [0.2, 0.25) is 0 Å². The Labute approximate surface area is 86.7 Å². The van der Waals surface area contributed by atoms with Gasteiger partial charge in [-0.05, 0) is 19.1 Å². The highest BCUT2D eigenvalue weighted by molar-refractivity contribution is 5.80. The molecule has 80 valence electrons. The SMILES string of the molecule is CC(NC(=O)Oc1ccccc1)C(=O)O. The Morgan fingerprint density at radius 3 is 2.47 bits per heavy atom. The van der Waals surface area contributed by atoms with Gasteiger partial charge in [0.25, 0.3) is 0 Å². The summed E-state index contributed by atoms with van der Waals surface area (Å²) in [6, 6.07) is 7.44. The first-order valence-electron chi connectivity index (χ1n) is 4.36. The second-order valence-corrected chi connectivity index (χ2v) is 2.91. The first-order chi connectivity index (χ1) is 7.09. The van der Waals surface area contributed by atoms with E-state index >= 15 is 0 Å². The Bertz CT molecular complexity index is 350. The molecule has 0 aliphatic carbocycles. The first-order valence-corrected chi connectivity index (χ1v) is 4.36. The highest BCUT2D eigenvalue weighted by atomic mass is 16.6.